The summed E-state index contributed by atoms with van der Waals surface area (Å²) in [4.78, 5) is 0. The van der Waals surface area contributed by atoms with E-state index in [1.165, 1.54) is 44.1 Å². The summed E-state index contributed by atoms with van der Waals surface area (Å²) in [6.07, 6.45) is 8.06. The Labute approximate surface area is 190 Å². The van der Waals surface area contributed by atoms with Gasteiger partial charge in [0.15, 0.2) is 6.79 Å². The van der Waals surface area contributed by atoms with Crippen LogP contribution in [0.4, 0.5) is 0 Å². The van der Waals surface area contributed by atoms with Crippen molar-refractivity contribution in [3.05, 3.63) is 59.2 Å². The zero-order chi connectivity index (χ0) is 22.0. The minimum Gasteiger partial charge on any atom is -0.508 e. The molecule has 4 heteroatoms. The lowest BCUT2D eigenvalue weighted by molar-refractivity contribution is -0.0189. The Morgan fingerprint density at radius 3 is 2.16 bits per heavy atom. The van der Waals surface area contributed by atoms with Crippen molar-refractivity contribution in [2.24, 2.45) is 17.8 Å². The molecule has 0 unspecified atom stereocenters. The third-order valence-corrected chi connectivity index (χ3v) is 7.54. The Bertz CT molecular complexity index is 963. The number of phenolic OH excluding ortho intramolecular Hbond substituents is 1. The van der Waals surface area contributed by atoms with Gasteiger partial charge in [0.2, 0.25) is 0 Å². The number of rotatable bonds is 7. The van der Waals surface area contributed by atoms with Gasteiger partial charge in [0.1, 0.15) is 11.5 Å². The molecule has 32 heavy (non-hydrogen) atoms. The molecule has 0 saturated heterocycles. The van der Waals surface area contributed by atoms with Gasteiger partial charge in [-0.3, -0.25) is 0 Å². The molecule has 6 rings (SSSR count). The van der Waals surface area contributed by atoms with Crippen LogP contribution in [-0.4, -0.2) is 32.2 Å². The van der Waals surface area contributed by atoms with Gasteiger partial charge < -0.3 is 19.3 Å². The van der Waals surface area contributed by atoms with Crippen LogP contribution in [-0.2, 0) is 14.9 Å². The molecule has 0 amide bonds. The molecule has 2 aromatic carbocycles. The second-order valence-electron chi connectivity index (χ2n) is 9.87. The molecule has 0 radical (unpaired) electrons. The first kappa shape index (κ1) is 21.4. The molecule has 4 nitrogen and oxygen atoms in total. The molecule has 4 aliphatic rings. The van der Waals surface area contributed by atoms with Crippen LogP contribution >= 0.6 is 0 Å². The summed E-state index contributed by atoms with van der Waals surface area (Å²) in [7, 11) is 1.67. The van der Waals surface area contributed by atoms with Crippen LogP contribution < -0.4 is 4.74 Å². The van der Waals surface area contributed by atoms with E-state index in [9.17, 15) is 5.11 Å². The molecule has 4 aliphatic carbocycles. The van der Waals surface area contributed by atoms with Crippen LogP contribution in [0.5, 0.6) is 11.5 Å². The zero-order valence-corrected chi connectivity index (χ0v) is 18.8. The number of hydrogen-bond acceptors (Lipinski definition) is 4. The predicted molar refractivity (Wildman–Crippen MR) is 124 cm³/mol. The summed E-state index contributed by atoms with van der Waals surface area (Å²) < 4.78 is 16.8. The molecule has 4 bridgehead atoms. The van der Waals surface area contributed by atoms with E-state index in [4.69, 9.17) is 14.2 Å². The molecular weight excluding hydrogens is 400 g/mol. The average molecular weight is 433 g/mol. The first-order chi connectivity index (χ1) is 15.6. The van der Waals surface area contributed by atoms with Gasteiger partial charge in [-0.1, -0.05) is 11.8 Å². The van der Waals surface area contributed by atoms with Crippen molar-refractivity contribution >= 4 is 0 Å². The summed E-state index contributed by atoms with van der Waals surface area (Å²) in [5.41, 5.74) is 3.44. The predicted octanol–water partition coefficient (Wildman–Crippen LogP) is 5.26. The lowest BCUT2D eigenvalue weighted by atomic mass is 9.48. The zero-order valence-electron chi connectivity index (χ0n) is 18.8. The highest BCUT2D eigenvalue weighted by molar-refractivity contribution is 5.51. The molecule has 1 N–H and O–H groups in total. The van der Waals surface area contributed by atoms with Crippen LogP contribution in [0.1, 0.15) is 55.2 Å². The van der Waals surface area contributed by atoms with Crippen molar-refractivity contribution in [1.82, 2.24) is 0 Å². The number of benzene rings is 2. The largest absolute Gasteiger partial charge is 0.508 e. The molecule has 4 fully saturated rings. The lowest BCUT2D eigenvalue weighted by Crippen LogP contribution is -2.48. The Hall–Kier alpha value is -2.48. The van der Waals surface area contributed by atoms with Crippen LogP contribution in [0.15, 0.2) is 42.5 Å². The minimum atomic E-state index is 0.215. The van der Waals surface area contributed by atoms with Gasteiger partial charge in [-0.25, -0.2) is 0 Å². The number of aromatic hydroxyl groups is 1. The quantitative estimate of drug-likeness (QED) is 0.368. The molecule has 0 atom stereocenters. The summed E-state index contributed by atoms with van der Waals surface area (Å²) in [6.45, 7) is 1.33. The van der Waals surface area contributed by atoms with Crippen molar-refractivity contribution in [3.63, 3.8) is 0 Å². The van der Waals surface area contributed by atoms with Gasteiger partial charge >= 0.3 is 0 Å². The van der Waals surface area contributed by atoms with Crippen LogP contribution in [0.3, 0.4) is 0 Å². The smallest absolute Gasteiger partial charge is 0.189 e. The summed E-state index contributed by atoms with van der Waals surface area (Å²) in [5.74, 6) is 10.3. The van der Waals surface area contributed by atoms with E-state index in [1.54, 1.807) is 19.2 Å². The second-order valence-corrected chi connectivity index (χ2v) is 9.87. The van der Waals surface area contributed by atoms with Gasteiger partial charge in [0.25, 0.3) is 0 Å². The van der Waals surface area contributed by atoms with Gasteiger partial charge in [0, 0.05) is 23.8 Å². The molecular formula is C28H32O4. The molecule has 0 aromatic heterocycles. The van der Waals surface area contributed by atoms with Gasteiger partial charge in [-0.05, 0) is 104 Å². The van der Waals surface area contributed by atoms with Crippen molar-refractivity contribution in [2.75, 3.05) is 27.1 Å². The maximum atomic E-state index is 9.50. The summed E-state index contributed by atoms with van der Waals surface area (Å²) >= 11 is 0. The number of methoxy groups -OCH3 is 1. The molecule has 2 aromatic rings. The maximum Gasteiger partial charge on any atom is 0.189 e. The first-order valence-corrected chi connectivity index (χ1v) is 11.8. The highest BCUT2D eigenvalue weighted by atomic mass is 16.7. The topological polar surface area (TPSA) is 47.9 Å². The molecule has 0 spiro atoms. The number of ether oxygens (including phenoxy) is 3. The van der Waals surface area contributed by atoms with Crippen LogP contribution in [0.2, 0.25) is 0 Å². The monoisotopic (exact) mass is 432 g/mol. The normalized spacial score (nSPS) is 27.7. The standard InChI is InChI=1S/C28H32O4/c1-30-10-11-31-19-32-27-9-6-21(3-2-20-4-7-25(29)8-5-20)15-26(27)28-16-22-12-23(17-28)14-24(13-22)18-28/h4-9,15,22-24,29H,10-14,16-19H2,1H3. The molecule has 0 heterocycles. The fourth-order valence-electron chi connectivity index (χ4n) is 6.58. The third-order valence-electron chi connectivity index (χ3n) is 7.54. The summed E-state index contributed by atoms with van der Waals surface area (Å²) in [5, 5.41) is 9.50. The Morgan fingerprint density at radius 1 is 0.875 bits per heavy atom. The highest BCUT2D eigenvalue weighted by Crippen LogP contribution is 2.61. The van der Waals surface area contributed by atoms with Crippen LogP contribution in [0, 0.1) is 29.6 Å². The van der Waals surface area contributed by atoms with Gasteiger partial charge in [-0.2, -0.15) is 0 Å². The minimum absolute atomic E-state index is 0.215. The Morgan fingerprint density at radius 2 is 1.50 bits per heavy atom. The van der Waals surface area contributed by atoms with Crippen molar-refractivity contribution in [1.29, 1.82) is 0 Å². The highest BCUT2D eigenvalue weighted by Gasteiger charge is 2.52. The molecule has 168 valence electrons. The fraction of sp³-hybridized carbons (Fsp3) is 0.500. The van der Waals surface area contributed by atoms with E-state index < -0.39 is 0 Å². The van der Waals surface area contributed by atoms with E-state index in [1.807, 2.05) is 18.2 Å². The van der Waals surface area contributed by atoms with Crippen molar-refractivity contribution < 1.29 is 19.3 Å². The Balaban J connectivity index is 1.43. The van der Waals surface area contributed by atoms with Crippen LogP contribution in [0.25, 0.3) is 0 Å². The van der Waals surface area contributed by atoms with Gasteiger partial charge in [-0.15, -0.1) is 0 Å². The lowest BCUT2D eigenvalue weighted by Gasteiger charge is -2.57. The molecule has 4 saturated carbocycles. The van der Waals surface area contributed by atoms with E-state index in [0.29, 0.717) is 13.2 Å². The number of phenols is 1. The summed E-state index contributed by atoms with van der Waals surface area (Å²) in [6, 6.07) is 13.4. The van der Waals surface area contributed by atoms with Crippen molar-refractivity contribution in [3.8, 4) is 23.3 Å². The second kappa shape index (κ2) is 9.17. The van der Waals surface area contributed by atoms with Gasteiger partial charge in [0.05, 0.1) is 13.2 Å². The van der Waals surface area contributed by atoms with E-state index in [-0.39, 0.29) is 18.0 Å². The Kier molecular flexibility index (Phi) is 6.13. The third kappa shape index (κ3) is 4.51. The van der Waals surface area contributed by atoms with E-state index in [2.05, 4.69) is 24.0 Å². The molecule has 0 aliphatic heterocycles. The fourth-order valence-corrected chi connectivity index (χ4v) is 6.58. The maximum absolute atomic E-state index is 9.50. The van der Waals surface area contributed by atoms with E-state index in [0.717, 1.165) is 34.6 Å². The SMILES string of the molecule is COCCOCOc1ccc(C#Cc2ccc(O)cc2)cc1C12CC3CC(CC(C3)C1)C2. The van der Waals surface area contributed by atoms with Crippen molar-refractivity contribution in [2.45, 2.75) is 43.9 Å². The number of hydrogen-bond donors (Lipinski definition) is 1. The van der Waals surface area contributed by atoms with E-state index >= 15 is 0 Å². The first-order valence-electron chi connectivity index (χ1n) is 11.8. The average Bonchev–Trinajstić information content (AvgIpc) is 2.78.